The summed E-state index contributed by atoms with van der Waals surface area (Å²) >= 11 is 5.71. The molecule has 0 radical (unpaired) electrons. The van der Waals surface area contributed by atoms with E-state index < -0.39 is 5.82 Å². The minimum atomic E-state index is -0.420. The Kier molecular flexibility index (Phi) is 2.93. The highest BCUT2D eigenvalue weighted by Crippen LogP contribution is 2.27. The molecule has 0 heterocycles. The van der Waals surface area contributed by atoms with Gasteiger partial charge in [0.05, 0.1) is 11.1 Å². The summed E-state index contributed by atoms with van der Waals surface area (Å²) in [6, 6.07) is 4.47. The van der Waals surface area contributed by atoms with E-state index in [1.165, 1.54) is 6.07 Å². The first-order valence-electron chi connectivity index (χ1n) is 3.72. The van der Waals surface area contributed by atoms with Crippen molar-refractivity contribution >= 4 is 11.6 Å². The lowest BCUT2D eigenvalue weighted by atomic mass is 10.3. The van der Waals surface area contributed by atoms with Gasteiger partial charge in [-0.2, -0.15) is 0 Å². The Morgan fingerprint density at radius 3 is 2.58 bits per heavy atom. The molecule has 0 aliphatic heterocycles. The highest BCUT2D eigenvalue weighted by Gasteiger charge is 2.08. The minimum Gasteiger partial charge on any atom is -0.486 e. The fraction of sp³-hybridized carbons (Fsp3) is 0.333. The summed E-state index contributed by atoms with van der Waals surface area (Å²) in [5, 5.41) is 0.309. The summed E-state index contributed by atoms with van der Waals surface area (Å²) in [4.78, 5) is 0. The van der Waals surface area contributed by atoms with Crippen LogP contribution in [0.4, 0.5) is 4.39 Å². The molecule has 0 saturated heterocycles. The van der Waals surface area contributed by atoms with Gasteiger partial charge in [0.1, 0.15) is 0 Å². The van der Waals surface area contributed by atoms with E-state index in [0.717, 1.165) is 0 Å². The number of benzene rings is 1. The largest absolute Gasteiger partial charge is 0.486 e. The van der Waals surface area contributed by atoms with Gasteiger partial charge in [0, 0.05) is 0 Å². The van der Waals surface area contributed by atoms with Gasteiger partial charge in [-0.25, -0.2) is 4.39 Å². The summed E-state index contributed by atoms with van der Waals surface area (Å²) < 4.78 is 18.2. The quantitative estimate of drug-likeness (QED) is 0.692. The second-order valence-electron chi connectivity index (χ2n) is 2.72. The molecule has 12 heavy (non-hydrogen) atoms. The molecule has 1 aromatic carbocycles. The minimum absolute atomic E-state index is 0.0700. The van der Waals surface area contributed by atoms with Gasteiger partial charge in [0.25, 0.3) is 0 Å². The lowest BCUT2D eigenvalue weighted by molar-refractivity contribution is 0.231. The molecule has 1 rings (SSSR count). The van der Waals surface area contributed by atoms with Crippen LogP contribution in [0.2, 0.25) is 5.02 Å². The van der Waals surface area contributed by atoms with Gasteiger partial charge in [-0.15, -0.1) is 0 Å². The molecule has 1 aromatic rings. The second-order valence-corrected chi connectivity index (χ2v) is 3.12. The van der Waals surface area contributed by atoms with Crippen molar-refractivity contribution in [3.63, 3.8) is 0 Å². The molecule has 0 unspecified atom stereocenters. The Hall–Kier alpha value is -0.760. The van der Waals surface area contributed by atoms with Crippen molar-refractivity contribution in [2.45, 2.75) is 20.0 Å². The van der Waals surface area contributed by atoms with E-state index in [0.29, 0.717) is 5.02 Å². The Balaban J connectivity index is 2.96. The van der Waals surface area contributed by atoms with E-state index >= 15 is 0 Å². The van der Waals surface area contributed by atoms with Crippen molar-refractivity contribution < 1.29 is 9.13 Å². The molecular formula is C9H10ClFO. The lowest BCUT2D eigenvalue weighted by Crippen LogP contribution is -2.07. The Morgan fingerprint density at radius 2 is 2.08 bits per heavy atom. The Bertz CT molecular complexity index is 253. The molecule has 0 N–H and O–H groups in total. The van der Waals surface area contributed by atoms with Crippen molar-refractivity contribution in [1.82, 2.24) is 0 Å². The zero-order chi connectivity index (χ0) is 9.14. The van der Waals surface area contributed by atoms with E-state index in [1.54, 1.807) is 12.1 Å². The first-order valence-corrected chi connectivity index (χ1v) is 4.09. The maximum atomic E-state index is 13.0. The zero-order valence-corrected chi connectivity index (χ0v) is 7.73. The van der Waals surface area contributed by atoms with Crippen LogP contribution >= 0.6 is 11.6 Å². The third-order valence-electron chi connectivity index (χ3n) is 1.27. The van der Waals surface area contributed by atoms with Crippen molar-refractivity contribution in [2.75, 3.05) is 0 Å². The fourth-order valence-electron chi connectivity index (χ4n) is 0.831. The summed E-state index contributed by atoms with van der Waals surface area (Å²) in [5.41, 5.74) is 0. The van der Waals surface area contributed by atoms with Gasteiger partial charge in [0.2, 0.25) is 0 Å². The molecule has 66 valence electrons. The van der Waals surface area contributed by atoms with Gasteiger partial charge in [-0.05, 0) is 26.0 Å². The van der Waals surface area contributed by atoms with Crippen LogP contribution in [0.25, 0.3) is 0 Å². The molecular weight excluding hydrogens is 179 g/mol. The molecule has 3 heteroatoms. The topological polar surface area (TPSA) is 9.23 Å². The van der Waals surface area contributed by atoms with Gasteiger partial charge >= 0.3 is 0 Å². The van der Waals surface area contributed by atoms with Gasteiger partial charge in [-0.3, -0.25) is 0 Å². The molecule has 0 spiro atoms. The Morgan fingerprint density at radius 1 is 1.42 bits per heavy atom. The van der Waals surface area contributed by atoms with E-state index in [-0.39, 0.29) is 11.9 Å². The third-order valence-corrected chi connectivity index (χ3v) is 1.57. The van der Waals surface area contributed by atoms with Crippen LogP contribution in [-0.2, 0) is 0 Å². The van der Waals surface area contributed by atoms with Crippen molar-refractivity contribution in [3.8, 4) is 5.75 Å². The summed E-state index contributed by atoms with van der Waals surface area (Å²) in [6.07, 6.45) is -0.0700. The summed E-state index contributed by atoms with van der Waals surface area (Å²) in [5.74, 6) is -0.287. The molecule has 1 nitrogen and oxygen atoms in total. The fourth-order valence-corrected chi connectivity index (χ4v) is 1.04. The highest BCUT2D eigenvalue weighted by molar-refractivity contribution is 6.32. The van der Waals surface area contributed by atoms with Crippen LogP contribution in [0.15, 0.2) is 18.2 Å². The number of ether oxygens (including phenoxy) is 1. The molecule has 0 fully saturated rings. The maximum Gasteiger partial charge on any atom is 0.173 e. The van der Waals surface area contributed by atoms with Crippen LogP contribution in [0.5, 0.6) is 5.75 Å². The first kappa shape index (κ1) is 9.33. The molecule has 0 aromatic heterocycles. The van der Waals surface area contributed by atoms with Gasteiger partial charge < -0.3 is 4.74 Å². The van der Waals surface area contributed by atoms with E-state index in [4.69, 9.17) is 16.3 Å². The van der Waals surface area contributed by atoms with Gasteiger partial charge in [0.15, 0.2) is 11.6 Å². The Labute approximate surface area is 76.1 Å². The van der Waals surface area contributed by atoms with Crippen LogP contribution in [-0.4, -0.2) is 6.10 Å². The maximum absolute atomic E-state index is 13.0. The third kappa shape index (κ3) is 2.11. The molecule has 0 saturated carbocycles. The molecule has 0 atom stereocenters. The number of hydrogen-bond donors (Lipinski definition) is 0. The van der Waals surface area contributed by atoms with E-state index in [2.05, 4.69) is 0 Å². The van der Waals surface area contributed by atoms with Crippen molar-refractivity contribution in [3.05, 3.63) is 29.0 Å². The van der Waals surface area contributed by atoms with Gasteiger partial charge in [-0.1, -0.05) is 17.7 Å². The van der Waals surface area contributed by atoms with Crippen LogP contribution in [0, 0.1) is 5.82 Å². The first-order chi connectivity index (χ1) is 5.61. The zero-order valence-electron chi connectivity index (χ0n) is 6.97. The van der Waals surface area contributed by atoms with Crippen molar-refractivity contribution in [2.24, 2.45) is 0 Å². The normalized spacial score (nSPS) is 10.4. The monoisotopic (exact) mass is 188 g/mol. The summed E-state index contributed by atoms with van der Waals surface area (Å²) in [7, 11) is 0. The average Bonchev–Trinajstić information content (AvgIpc) is 1.97. The molecule has 0 amide bonds. The number of para-hydroxylation sites is 1. The number of halogens is 2. The van der Waals surface area contributed by atoms with Crippen LogP contribution < -0.4 is 4.74 Å². The van der Waals surface area contributed by atoms with Crippen molar-refractivity contribution in [1.29, 1.82) is 0 Å². The smallest absolute Gasteiger partial charge is 0.173 e. The molecule has 0 aliphatic rings. The molecule has 0 aliphatic carbocycles. The van der Waals surface area contributed by atoms with Crippen LogP contribution in [0.1, 0.15) is 13.8 Å². The number of rotatable bonds is 2. The van der Waals surface area contributed by atoms with Crippen LogP contribution in [0.3, 0.4) is 0 Å². The SMILES string of the molecule is CC(C)Oc1c(F)cccc1Cl. The average molecular weight is 189 g/mol. The molecule has 0 bridgehead atoms. The summed E-state index contributed by atoms with van der Waals surface area (Å²) in [6.45, 7) is 3.64. The predicted molar refractivity (Wildman–Crippen MR) is 47.2 cm³/mol. The predicted octanol–water partition coefficient (Wildman–Crippen LogP) is 3.27. The number of hydrogen-bond acceptors (Lipinski definition) is 1. The second kappa shape index (κ2) is 3.76. The standard InChI is InChI=1S/C9H10ClFO/c1-6(2)12-9-7(10)4-3-5-8(9)11/h3-6H,1-2H3. The highest BCUT2D eigenvalue weighted by atomic mass is 35.5. The van der Waals surface area contributed by atoms with E-state index in [1.807, 2.05) is 13.8 Å². The van der Waals surface area contributed by atoms with E-state index in [9.17, 15) is 4.39 Å². The lowest BCUT2D eigenvalue weighted by Gasteiger charge is -2.11.